The Balaban J connectivity index is 3.34. The van der Waals surface area contributed by atoms with Crippen LogP contribution in [0.1, 0.15) is 48.0 Å². The van der Waals surface area contributed by atoms with E-state index in [9.17, 15) is 5.11 Å². The van der Waals surface area contributed by atoms with Crippen molar-refractivity contribution < 1.29 is 5.11 Å². The summed E-state index contributed by atoms with van der Waals surface area (Å²) in [6.45, 7) is 13.2. The normalized spacial score (nSPS) is 24.8. The van der Waals surface area contributed by atoms with Crippen LogP contribution in [0.2, 0.25) is 0 Å². The molecule has 0 fully saturated rings. The van der Waals surface area contributed by atoms with Crippen LogP contribution in [0.25, 0.3) is 0 Å². The maximum absolute atomic E-state index is 10.6. The molecule has 3 nitrogen and oxygen atoms in total. The summed E-state index contributed by atoms with van der Waals surface area (Å²) >= 11 is 0. The zero-order valence-corrected chi connectivity index (χ0v) is 14.9. The van der Waals surface area contributed by atoms with E-state index in [4.69, 9.17) is 11.5 Å². The van der Waals surface area contributed by atoms with Crippen molar-refractivity contribution in [2.45, 2.75) is 54.1 Å². The van der Waals surface area contributed by atoms with Gasteiger partial charge in [-0.25, -0.2) is 0 Å². The number of aliphatic hydroxyl groups is 1. The molecule has 1 aliphatic rings. The van der Waals surface area contributed by atoms with E-state index < -0.39 is 6.10 Å². The Hall–Kier alpha value is -1.32. The highest BCUT2D eigenvalue weighted by Gasteiger charge is 2.24. The van der Waals surface area contributed by atoms with Gasteiger partial charge in [-0.3, -0.25) is 0 Å². The molecule has 0 radical (unpaired) electrons. The summed E-state index contributed by atoms with van der Waals surface area (Å²) in [6.07, 6.45) is 8.42. The molecule has 0 heterocycles. The summed E-state index contributed by atoms with van der Waals surface area (Å²) in [7, 11) is 0. The average molecular weight is 304 g/mol. The molecule has 0 aromatic carbocycles. The quantitative estimate of drug-likeness (QED) is 0.684. The maximum Gasteiger partial charge on any atom is 0.100 e. The van der Waals surface area contributed by atoms with Gasteiger partial charge in [0.05, 0.1) is 0 Å². The van der Waals surface area contributed by atoms with E-state index in [1.165, 1.54) is 5.57 Å². The summed E-state index contributed by atoms with van der Waals surface area (Å²) < 4.78 is 0. The molecule has 0 amide bonds. The molecule has 0 aliphatic heterocycles. The molecule has 0 aromatic rings. The second-order valence-corrected chi connectivity index (χ2v) is 8.32. The van der Waals surface area contributed by atoms with Gasteiger partial charge in [-0.05, 0) is 40.0 Å². The third-order valence-corrected chi connectivity index (χ3v) is 3.25. The van der Waals surface area contributed by atoms with Gasteiger partial charge in [-0.15, -0.1) is 0 Å². The third kappa shape index (κ3) is 6.20. The first kappa shape index (κ1) is 18.7. The van der Waals surface area contributed by atoms with E-state index in [1.54, 1.807) is 6.08 Å². The lowest BCUT2D eigenvalue weighted by molar-refractivity contribution is 0.242. The van der Waals surface area contributed by atoms with Crippen LogP contribution in [0.3, 0.4) is 0 Å². The highest BCUT2D eigenvalue weighted by atomic mass is 16.3. The van der Waals surface area contributed by atoms with Crippen molar-refractivity contribution in [3.05, 3.63) is 46.7 Å². The first-order valence-electron chi connectivity index (χ1n) is 7.90. The van der Waals surface area contributed by atoms with Crippen LogP contribution in [-0.2, 0) is 0 Å². The largest absolute Gasteiger partial charge is 0.401 e. The molecule has 0 saturated heterocycles. The number of rotatable bonds is 2. The number of allylic oxidation sites excluding steroid dienone is 4. The minimum atomic E-state index is -0.610. The molecular formula is C19H32N2O. The van der Waals surface area contributed by atoms with Crippen LogP contribution in [0, 0.1) is 10.8 Å². The first-order chi connectivity index (χ1) is 9.91. The van der Waals surface area contributed by atoms with Crippen LogP contribution >= 0.6 is 0 Å². The second-order valence-electron chi connectivity index (χ2n) is 8.32. The summed E-state index contributed by atoms with van der Waals surface area (Å²) in [5.41, 5.74) is 15.2. The fourth-order valence-corrected chi connectivity index (χ4v) is 2.62. The van der Waals surface area contributed by atoms with Gasteiger partial charge in [0.15, 0.2) is 0 Å². The predicted octanol–water partition coefficient (Wildman–Crippen LogP) is 3.42. The molecule has 0 saturated carbocycles. The molecule has 0 spiro atoms. The van der Waals surface area contributed by atoms with Crippen molar-refractivity contribution in [2.24, 2.45) is 22.3 Å². The van der Waals surface area contributed by atoms with Crippen molar-refractivity contribution in [1.82, 2.24) is 0 Å². The lowest BCUT2D eigenvalue weighted by atomic mass is 9.80. The minimum Gasteiger partial charge on any atom is -0.401 e. The number of hydrogen-bond acceptors (Lipinski definition) is 3. The predicted molar refractivity (Wildman–Crippen MR) is 95.1 cm³/mol. The van der Waals surface area contributed by atoms with Gasteiger partial charge < -0.3 is 16.6 Å². The number of nitrogens with two attached hydrogens (primary N) is 2. The van der Waals surface area contributed by atoms with E-state index in [2.05, 4.69) is 53.7 Å². The Bertz CT molecular complexity index is 523. The van der Waals surface area contributed by atoms with E-state index in [0.29, 0.717) is 12.2 Å². The summed E-state index contributed by atoms with van der Waals surface area (Å²) in [4.78, 5) is 0. The van der Waals surface area contributed by atoms with Crippen molar-refractivity contribution >= 4 is 0 Å². The van der Waals surface area contributed by atoms with E-state index >= 15 is 0 Å². The molecular weight excluding hydrogens is 272 g/mol. The standard InChI is InChI=1S/C19H32N2O/c1-18(2,3)10-13-7-14(9-16(21)12-20)17(22)15(8-13)11-19(4,5)6/h7,9-11,17,22H,8,12,20-21H2,1-6H3. The van der Waals surface area contributed by atoms with Crippen molar-refractivity contribution in [3.8, 4) is 0 Å². The SMILES string of the molecule is CC(C)(C)C=C1C=C(C=C(N)CN)C(O)C(=CC(C)(C)C)C1. The third-order valence-electron chi connectivity index (χ3n) is 3.25. The van der Waals surface area contributed by atoms with Gasteiger partial charge in [-0.2, -0.15) is 0 Å². The summed E-state index contributed by atoms with van der Waals surface area (Å²) in [6, 6.07) is 0. The Kier molecular flexibility index (Phi) is 5.82. The average Bonchev–Trinajstić information content (AvgIpc) is 2.30. The Labute approximate surface area is 135 Å². The first-order valence-corrected chi connectivity index (χ1v) is 7.90. The van der Waals surface area contributed by atoms with Crippen molar-refractivity contribution in [3.63, 3.8) is 0 Å². The Morgan fingerprint density at radius 1 is 1.18 bits per heavy atom. The smallest absolute Gasteiger partial charge is 0.100 e. The van der Waals surface area contributed by atoms with Crippen LogP contribution in [0.5, 0.6) is 0 Å². The Morgan fingerprint density at radius 3 is 2.18 bits per heavy atom. The molecule has 0 bridgehead atoms. The minimum absolute atomic E-state index is 0.0226. The fourth-order valence-electron chi connectivity index (χ4n) is 2.62. The molecule has 1 aliphatic carbocycles. The zero-order chi connectivity index (χ0) is 17.1. The molecule has 124 valence electrons. The topological polar surface area (TPSA) is 72.3 Å². The number of aliphatic hydroxyl groups excluding tert-OH is 1. The highest BCUT2D eigenvalue weighted by molar-refractivity contribution is 5.46. The molecule has 1 rings (SSSR count). The summed E-state index contributed by atoms with van der Waals surface area (Å²) in [5.74, 6) is 0. The molecule has 0 aromatic heterocycles. The molecule has 22 heavy (non-hydrogen) atoms. The van der Waals surface area contributed by atoms with Gasteiger partial charge >= 0.3 is 0 Å². The zero-order valence-electron chi connectivity index (χ0n) is 14.9. The Morgan fingerprint density at radius 2 is 1.73 bits per heavy atom. The highest BCUT2D eigenvalue weighted by Crippen LogP contribution is 2.34. The van der Waals surface area contributed by atoms with Crippen LogP contribution in [0.15, 0.2) is 46.7 Å². The second kappa shape index (κ2) is 6.84. The molecule has 1 unspecified atom stereocenters. The van der Waals surface area contributed by atoms with E-state index in [1.807, 2.05) is 6.08 Å². The van der Waals surface area contributed by atoms with Gasteiger partial charge in [0.2, 0.25) is 0 Å². The molecule has 5 N–H and O–H groups in total. The van der Waals surface area contributed by atoms with Crippen LogP contribution < -0.4 is 11.5 Å². The van der Waals surface area contributed by atoms with Gasteiger partial charge in [0.25, 0.3) is 0 Å². The fraction of sp³-hybridized carbons (Fsp3) is 0.579. The summed E-state index contributed by atoms with van der Waals surface area (Å²) in [5, 5.41) is 10.6. The number of hydrogen-bond donors (Lipinski definition) is 3. The lowest BCUT2D eigenvalue weighted by Crippen LogP contribution is -2.22. The molecule has 1 atom stereocenters. The van der Waals surface area contributed by atoms with Gasteiger partial charge in [-0.1, -0.05) is 59.8 Å². The van der Waals surface area contributed by atoms with E-state index in [0.717, 1.165) is 17.6 Å². The lowest BCUT2D eigenvalue weighted by Gasteiger charge is -2.28. The van der Waals surface area contributed by atoms with Crippen molar-refractivity contribution in [1.29, 1.82) is 0 Å². The van der Waals surface area contributed by atoms with E-state index in [-0.39, 0.29) is 10.8 Å². The maximum atomic E-state index is 10.6. The van der Waals surface area contributed by atoms with Crippen LogP contribution in [-0.4, -0.2) is 17.8 Å². The van der Waals surface area contributed by atoms with Crippen LogP contribution in [0.4, 0.5) is 0 Å². The monoisotopic (exact) mass is 304 g/mol. The van der Waals surface area contributed by atoms with Gasteiger partial charge in [0, 0.05) is 12.2 Å². The van der Waals surface area contributed by atoms with Gasteiger partial charge in [0.1, 0.15) is 6.10 Å². The van der Waals surface area contributed by atoms with Crippen molar-refractivity contribution in [2.75, 3.05) is 6.54 Å². The molecule has 3 heteroatoms.